The molecule has 1 atom stereocenters. The summed E-state index contributed by atoms with van der Waals surface area (Å²) in [5.74, 6) is 6.07. The van der Waals surface area contributed by atoms with E-state index in [4.69, 9.17) is 9.05 Å². The van der Waals surface area contributed by atoms with Crippen LogP contribution in [-0.4, -0.2) is 26.2 Å². The van der Waals surface area contributed by atoms with Crippen LogP contribution >= 0.6 is 8.38 Å². The Kier molecular flexibility index (Phi) is 8.61. The molecule has 0 radical (unpaired) electrons. The predicted molar refractivity (Wildman–Crippen MR) is 62.7 cm³/mol. The van der Waals surface area contributed by atoms with Crippen molar-refractivity contribution in [1.29, 1.82) is 0 Å². The molecule has 0 aromatic carbocycles. The highest BCUT2D eigenvalue weighted by Gasteiger charge is 2.18. The number of carbonyl (C=O) groups is 1. The van der Waals surface area contributed by atoms with E-state index in [0.717, 1.165) is 6.42 Å². The minimum atomic E-state index is -1.04. The molecule has 3 nitrogen and oxygen atoms in total. The molecule has 0 aromatic heterocycles. The lowest BCUT2D eigenvalue weighted by molar-refractivity contribution is -0.119. The number of hydrogen-bond donors (Lipinski definition) is 0. The van der Waals surface area contributed by atoms with E-state index in [9.17, 15) is 4.79 Å². The van der Waals surface area contributed by atoms with Gasteiger partial charge in [-0.25, -0.2) is 0 Å². The van der Waals surface area contributed by atoms with Gasteiger partial charge in [-0.05, 0) is 0 Å². The molecule has 4 heteroatoms. The Labute approximate surface area is 93.4 Å². The van der Waals surface area contributed by atoms with E-state index >= 15 is 0 Å². The molecule has 15 heavy (non-hydrogen) atoms. The van der Waals surface area contributed by atoms with Crippen molar-refractivity contribution >= 4 is 14.2 Å². The number of carbonyl (C=O) groups excluding carboxylic acids is 1. The van der Waals surface area contributed by atoms with E-state index in [-0.39, 0.29) is 11.7 Å². The van der Waals surface area contributed by atoms with E-state index in [0.29, 0.717) is 12.6 Å². The van der Waals surface area contributed by atoms with Crippen molar-refractivity contribution < 1.29 is 13.8 Å². The van der Waals surface area contributed by atoms with Gasteiger partial charge in [-0.3, -0.25) is 4.79 Å². The molecule has 0 bridgehead atoms. The molecule has 0 rings (SSSR count). The summed E-state index contributed by atoms with van der Waals surface area (Å²) in [6.07, 6.45) is 1.82. The summed E-state index contributed by atoms with van der Waals surface area (Å²) in [6.45, 7) is 3.89. The van der Waals surface area contributed by atoms with Crippen molar-refractivity contribution in [3.63, 3.8) is 0 Å². The van der Waals surface area contributed by atoms with Crippen molar-refractivity contribution in [2.45, 2.75) is 26.7 Å². The zero-order valence-electron chi connectivity index (χ0n) is 9.87. The molecule has 0 aliphatic heterocycles. The third-order valence-corrected chi connectivity index (χ3v) is 3.34. The van der Waals surface area contributed by atoms with Crippen molar-refractivity contribution in [2.24, 2.45) is 5.92 Å². The standard InChI is InChI=1S/C11H19O3P/c1-5-6-7-8-10(2)11(12)9-15(13-3)14-4/h10H,5,8-9H2,1-4H3. The molecule has 0 aromatic rings. The van der Waals surface area contributed by atoms with Crippen molar-refractivity contribution in [3.05, 3.63) is 0 Å². The van der Waals surface area contributed by atoms with E-state index in [1.54, 1.807) is 14.2 Å². The average Bonchev–Trinajstić information content (AvgIpc) is 2.25. The fraction of sp³-hybridized carbons (Fsp3) is 0.727. The van der Waals surface area contributed by atoms with Gasteiger partial charge in [0.05, 0.1) is 6.16 Å². The molecule has 0 saturated heterocycles. The first kappa shape index (κ1) is 14.6. The van der Waals surface area contributed by atoms with Gasteiger partial charge in [0.25, 0.3) is 0 Å². The van der Waals surface area contributed by atoms with Crippen LogP contribution in [0.2, 0.25) is 0 Å². The molecule has 1 unspecified atom stereocenters. The normalized spacial score (nSPS) is 12.1. The van der Waals surface area contributed by atoms with Crippen LogP contribution in [0.15, 0.2) is 0 Å². The average molecular weight is 230 g/mol. The van der Waals surface area contributed by atoms with Gasteiger partial charge in [-0.15, -0.1) is 11.8 Å². The van der Waals surface area contributed by atoms with Gasteiger partial charge >= 0.3 is 0 Å². The Balaban J connectivity index is 3.97. The minimum absolute atomic E-state index is 0.0284. The second kappa shape index (κ2) is 8.85. The quantitative estimate of drug-likeness (QED) is 0.519. The molecule has 0 spiro atoms. The topological polar surface area (TPSA) is 35.5 Å². The second-order valence-electron chi connectivity index (χ2n) is 3.13. The Hall–Kier alpha value is -0.420. The van der Waals surface area contributed by atoms with Crippen molar-refractivity contribution in [1.82, 2.24) is 0 Å². The van der Waals surface area contributed by atoms with Crippen LogP contribution in [0.3, 0.4) is 0 Å². The Bertz CT molecular complexity index is 238. The van der Waals surface area contributed by atoms with Crippen LogP contribution in [-0.2, 0) is 13.8 Å². The number of Topliss-reactive ketones (excluding diaryl/α,β-unsaturated/α-hetero) is 1. The minimum Gasteiger partial charge on any atom is -0.337 e. The van der Waals surface area contributed by atoms with Gasteiger partial charge in [0.1, 0.15) is 5.78 Å². The summed E-state index contributed by atoms with van der Waals surface area (Å²) in [5, 5.41) is 0. The van der Waals surface area contributed by atoms with E-state index < -0.39 is 8.38 Å². The Morgan fingerprint density at radius 2 is 1.93 bits per heavy atom. The maximum atomic E-state index is 11.7. The van der Waals surface area contributed by atoms with E-state index in [2.05, 4.69) is 11.8 Å². The molecule has 0 aliphatic rings. The highest BCUT2D eigenvalue weighted by atomic mass is 31.2. The second-order valence-corrected chi connectivity index (χ2v) is 4.85. The smallest absolute Gasteiger partial charge is 0.177 e. The molecule has 0 heterocycles. The zero-order valence-corrected chi connectivity index (χ0v) is 10.8. The summed E-state index contributed by atoms with van der Waals surface area (Å²) in [6, 6.07) is 0. The Morgan fingerprint density at radius 1 is 1.33 bits per heavy atom. The highest BCUT2D eigenvalue weighted by Crippen LogP contribution is 2.36. The third kappa shape index (κ3) is 6.62. The summed E-state index contributed by atoms with van der Waals surface area (Å²) < 4.78 is 10.1. The van der Waals surface area contributed by atoms with Crippen LogP contribution in [0.4, 0.5) is 0 Å². The van der Waals surface area contributed by atoms with Gasteiger partial charge in [0.15, 0.2) is 8.38 Å². The van der Waals surface area contributed by atoms with Gasteiger partial charge in [-0.1, -0.05) is 13.8 Å². The molecule has 0 amide bonds. The maximum absolute atomic E-state index is 11.7. The summed E-state index contributed by atoms with van der Waals surface area (Å²) in [7, 11) is 2.07. The monoisotopic (exact) mass is 230 g/mol. The zero-order chi connectivity index (χ0) is 11.7. The largest absolute Gasteiger partial charge is 0.337 e. The van der Waals surface area contributed by atoms with E-state index in [1.165, 1.54) is 0 Å². The van der Waals surface area contributed by atoms with Crippen LogP contribution in [0.5, 0.6) is 0 Å². The molecule has 86 valence electrons. The molecule has 0 aliphatic carbocycles. The van der Waals surface area contributed by atoms with Crippen LogP contribution in [0.25, 0.3) is 0 Å². The fourth-order valence-corrected chi connectivity index (χ4v) is 1.92. The number of rotatable bonds is 6. The van der Waals surface area contributed by atoms with Crippen molar-refractivity contribution in [3.8, 4) is 11.8 Å². The number of ketones is 1. The van der Waals surface area contributed by atoms with Crippen LogP contribution < -0.4 is 0 Å². The predicted octanol–water partition coefficient (Wildman–Crippen LogP) is 2.60. The lowest BCUT2D eigenvalue weighted by Crippen LogP contribution is -2.14. The number of hydrogen-bond acceptors (Lipinski definition) is 3. The lowest BCUT2D eigenvalue weighted by Gasteiger charge is -2.13. The third-order valence-electron chi connectivity index (χ3n) is 1.95. The summed E-state index contributed by atoms with van der Waals surface area (Å²) in [4.78, 5) is 11.7. The van der Waals surface area contributed by atoms with Gasteiger partial charge < -0.3 is 9.05 Å². The summed E-state index contributed by atoms with van der Waals surface area (Å²) in [5.41, 5.74) is 0. The lowest BCUT2D eigenvalue weighted by atomic mass is 10.0. The first-order valence-corrected chi connectivity index (χ1v) is 6.36. The Morgan fingerprint density at radius 3 is 2.40 bits per heavy atom. The van der Waals surface area contributed by atoms with E-state index in [1.807, 2.05) is 13.8 Å². The molecule has 0 fully saturated rings. The highest BCUT2D eigenvalue weighted by molar-refractivity contribution is 7.48. The maximum Gasteiger partial charge on any atom is 0.177 e. The molecule has 0 saturated carbocycles. The summed E-state index contributed by atoms with van der Waals surface area (Å²) >= 11 is 0. The van der Waals surface area contributed by atoms with Gasteiger partial charge in [0, 0.05) is 33.0 Å². The first-order chi connectivity index (χ1) is 7.15. The molecule has 0 N–H and O–H groups in total. The van der Waals surface area contributed by atoms with Gasteiger partial charge in [0.2, 0.25) is 0 Å². The SMILES string of the molecule is CCC#CCC(C)C(=O)CP(OC)OC. The van der Waals surface area contributed by atoms with Crippen molar-refractivity contribution in [2.75, 3.05) is 20.4 Å². The molecular weight excluding hydrogens is 211 g/mol. The van der Waals surface area contributed by atoms with Crippen LogP contribution in [0.1, 0.15) is 26.7 Å². The van der Waals surface area contributed by atoms with Gasteiger partial charge in [-0.2, -0.15) is 0 Å². The van der Waals surface area contributed by atoms with Crippen LogP contribution in [0, 0.1) is 17.8 Å². The molecular formula is C11H19O3P. The first-order valence-electron chi connectivity index (χ1n) is 4.99. The fourth-order valence-electron chi connectivity index (χ4n) is 0.951.